The zero-order chi connectivity index (χ0) is 20.5. The molecule has 3 heterocycles. The van der Waals surface area contributed by atoms with Gasteiger partial charge in [-0.3, -0.25) is 4.79 Å². The minimum atomic E-state index is -1.21. The van der Waals surface area contributed by atoms with Gasteiger partial charge < -0.3 is 14.6 Å². The van der Waals surface area contributed by atoms with Crippen LogP contribution in [0.2, 0.25) is 0 Å². The summed E-state index contributed by atoms with van der Waals surface area (Å²) in [6.45, 7) is 2.52. The summed E-state index contributed by atoms with van der Waals surface area (Å²) in [7, 11) is 1.31. The van der Waals surface area contributed by atoms with E-state index in [4.69, 9.17) is 4.74 Å². The van der Waals surface area contributed by atoms with Crippen LogP contribution in [0.3, 0.4) is 0 Å². The number of ether oxygens (including phenoxy) is 1. The van der Waals surface area contributed by atoms with E-state index in [0.29, 0.717) is 31.6 Å². The number of hydrogen-bond donors (Lipinski definition) is 1. The zero-order valence-corrected chi connectivity index (χ0v) is 16.7. The van der Waals surface area contributed by atoms with Crippen molar-refractivity contribution >= 4 is 17.2 Å². The fraction of sp³-hybridized carbons (Fsp3) is 0.368. The molecular weight excluding hydrogens is 400 g/mol. The van der Waals surface area contributed by atoms with Gasteiger partial charge in [-0.1, -0.05) is 0 Å². The summed E-state index contributed by atoms with van der Waals surface area (Å²) >= 11 is 1.54. The third kappa shape index (κ3) is 3.71. The highest BCUT2D eigenvalue weighted by Crippen LogP contribution is 2.26. The van der Waals surface area contributed by atoms with E-state index in [9.17, 15) is 13.6 Å². The van der Waals surface area contributed by atoms with Crippen LogP contribution in [0.1, 0.15) is 34.0 Å². The second-order valence-electron chi connectivity index (χ2n) is 6.78. The van der Waals surface area contributed by atoms with Crippen LogP contribution in [0.15, 0.2) is 17.5 Å². The molecule has 0 saturated carbocycles. The van der Waals surface area contributed by atoms with E-state index in [-0.39, 0.29) is 11.8 Å². The van der Waals surface area contributed by atoms with Crippen molar-refractivity contribution in [3.8, 4) is 17.3 Å². The molecule has 1 N–H and O–H groups in total. The highest BCUT2D eigenvalue weighted by molar-refractivity contribution is 7.09. The number of benzene rings is 1. The number of aromatic nitrogens is 4. The molecule has 1 aliphatic heterocycles. The molecule has 1 amide bonds. The van der Waals surface area contributed by atoms with Gasteiger partial charge in [0.05, 0.1) is 12.1 Å². The third-order valence-corrected chi connectivity index (χ3v) is 5.71. The molecule has 0 saturated heterocycles. The van der Waals surface area contributed by atoms with E-state index in [1.165, 1.54) is 13.2 Å². The van der Waals surface area contributed by atoms with E-state index in [1.807, 2.05) is 16.9 Å². The topological polar surface area (TPSA) is 81.9 Å². The first kappa shape index (κ1) is 19.4. The average molecular weight is 419 g/mol. The summed E-state index contributed by atoms with van der Waals surface area (Å²) in [5.41, 5.74) is 0.357. The van der Waals surface area contributed by atoms with E-state index >= 15 is 0 Å². The Balaban J connectivity index is 1.51. The van der Waals surface area contributed by atoms with E-state index < -0.39 is 23.1 Å². The quantitative estimate of drug-likeness (QED) is 0.703. The van der Waals surface area contributed by atoms with Gasteiger partial charge >= 0.3 is 0 Å². The van der Waals surface area contributed by atoms with E-state index in [0.717, 1.165) is 22.6 Å². The SMILES string of the molecule is COc1ccc(F)c(F)c1C(=O)NC1CCc2nnc(-c3csc(C)n3)n2CC1. The number of rotatable bonds is 4. The first-order valence-corrected chi connectivity index (χ1v) is 10.0. The van der Waals surface area contributed by atoms with Crippen molar-refractivity contribution in [1.82, 2.24) is 25.1 Å². The molecule has 0 bridgehead atoms. The van der Waals surface area contributed by atoms with Crippen LogP contribution in [0.25, 0.3) is 11.5 Å². The molecule has 1 aromatic carbocycles. The summed E-state index contributed by atoms with van der Waals surface area (Å²) in [6, 6.07) is 1.95. The average Bonchev–Trinajstić information content (AvgIpc) is 3.26. The summed E-state index contributed by atoms with van der Waals surface area (Å²) in [4.78, 5) is 17.1. The molecule has 1 atom stereocenters. The van der Waals surface area contributed by atoms with Crippen molar-refractivity contribution in [3.63, 3.8) is 0 Å². The van der Waals surface area contributed by atoms with Gasteiger partial charge in [0.25, 0.3) is 5.91 Å². The fourth-order valence-electron chi connectivity index (χ4n) is 3.46. The Bertz CT molecular complexity index is 1070. The largest absolute Gasteiger partial charge is 0.496 e. The number of carbonyl (C=O) groups is 1. The maximum atomic E-state index is 14.2. The number of fused-ring (bicyclic) bond motifs is 1. The van der Waals surface area contributed by atoms with Gasteiger partial charge in [-0.2, -0.15) is 0 Å². The number of thiazole rings is 1. The van der Waals surface area contributed by atoms with Crippen LogP contribution in [0.4, 0.5) is 8.78 Å². The molecule has 0 aliphatic carbocycles. The van der Waals surface area contributed by atoms with Gasteiger partial charge in [-0.15, -0.1) is 21.5 Å². The summed E-state index contributed by atoms with van der Waals surface area (Å²) in [6.07, 6.45) is 1.81. The Labute approximate surface area is 169 Å². The van der Waals surface area contributed by atoms with Crippen molar-refractivity contribution in [2.75, 3.05) is 7.11 Å². The number of amides is 1. The Morgan fingerprint density at radius 3 is 2.86 bits per heavy atom. The fourth-order valence-corrected chi connectivity index (χ4v) is 4.05. The Hall–Kier alpha value is -2.88. The Kier molecular flexibility index (Phi) is 5.27. The van der Waals surface area contributed by atoms with E-state index in [2.05, 4.69) is 20.5 Å². The van der Waals surface area contributed by atoms with Crippen molar-refractivity contribution in [2.24, 2.45) is 0 Å². The number of carbonyl (C=O) groups excluding carboxylic acids is 1. The first-order chi connectivity index (χ1) is 14.0. The zero-order valence-electron chi connectivity index (χ0n) is 15.9. The molecule has 152 valence electrons. The summed E-state index contributed by atoms with van der Waals surface area (Å²) in [5.74, 6) is -1.49. The molecular formula is C19H19F2N5O2S. The van der Waals surface area contributed by atoms with E-state index in [1.54, 1.807) is 11.3 Å². The minimum Gasteiger partial charge on any atom is -0.496 e. The lowest BCUT2D eigenvalue weighted by Gasteiger charge is -2.17. The number of nitrogens with zero attached hydrogens (tertiary/aromatic N) is 4. The maximum Gasteiger partial charge on any atom is 0.258 e. The first-order valence-electron chi connectivity index (χ1n) is 9.15. The van der Waals surface area contributed by atoms with Gasteiger partial charge in [0.15, 0.2) is 17.5 Å². The predicted octanol–water partition coefficient (Wildman–Crippen LogP) is 3.13. The van der Waals surface area contributed by atoms with Crippen molar-refractivity contribution in [1.29, 1.82) is 0 Å². The maximum absolute atomic E-state index is 14.2. The molecule has 2 aromatic heterocycles. The van der Waals surface area contributed by atoms with Crippen LogP contribution in [-0.2, 0) is 13.0 Å². The normalized spacial score (nSPS) is 16.2. The number of aryl methyl sites for hydroxylation is 2. The summed E-state index contributed by atoms with van der Waals surface area (Å²) in [5, 5.41) is 14.2. The summed E-state index contributed by atoms with van der Waals surface area (Å²) < 4.78 is 34.8. The predicted molar refractivity (Wildman–Crippen MR) is 103 cm³/mol. The van der Waals surface area contributed by atoms with Crippen LogP contribution >= 0.6 is 11.3 Å². The molecule has 0 fully saturated rings. The second kappa shape index (κ2) is 7.86. The van der Waals surface area contributed by atoms with Crippen molar-refractivity contribution < 1.29 is 18.3 Å². The van der Waals surface area contributed by atoms with Gasteiger partial charge in [0, 0.05) is 24.4 Å². The van der Waals surface area contributed by atoms with Gasteiger partial charge in [-0.25, -0.2) is 13.8 Å². The third-order valence-electron chi connectivity index (χ3n) is 4.93. The Morgan fingerprint density at radius 2 is 2.14 bits per heavy atom. The van der Waals surface area contributed by atoms with Gasteiger partial charge in [-0.05, 0) is 31.9 Å². The van der Waals surface area contributed by atoms with Gasteiger partial charge in [0.1, 0.15) is 22.8 Å². The number of hydrogen-bond acceptors (Lipinski definition) is 6. The smallest absolute Gasteiger partial charge is 0.258 e. The molecule has 4 rings (SSSR count). The molecule has 1 unspecified atom stereocenters. The molecule has 29 heavy (non-hydrogen) atoms. The molecule has 1 aliphatic rings. The second-order valence-corrected chi connectivity index (χ2v) is 7.84. The van der Waals surface area contributed by atoms with Crippen molar-refractivity contribution in [2.45, 2.75) is 38.8 Å². The lowest BCUT2D eigenvalue weighted by Crippen LogP contribution is -2.36. The molecule has 10 heteroatoms. The molecule has 3 aromatic rings. The highest BCUT2D eigenvalue weighted by atomic mass is 32.1. The standard InChI is InChI=1S/C19H19F2N5O2S/c1-10-22-13(9-29-10)18-25-24-15-6-3-11(7-8-26(15)18)23-19(27)16-14(28-2)5-4-12(20)17(16)21/h4-5,9,11H,3,6-8H2,1-2H3,(H,23,27). The highest BCUT2D eigenvalue weighted by Gasteiger charge is 2.26. The van der Waals surface area contributed by atoms with Crippen LogP contribution in [0, 0.1) is 18.6 Å². The molecule has 7 nitrogen and oxygen atoms in total. The number of nitrogens with one attached hydrogen (secondary N) is 1. The number of methoxy groups -OCH3 is 1. The van der Waals surface area contributed by atoms with Crippen LogP contribution < -0.4 is 10.1 Å². The Morgan fingerprint density at radius 1 is 1.31 bits per heavy atom. The van der Waals surface area contributed by atoms with Crippen LogP contribution in [-0.4, -0.2) is 38.8 Å². The van der Waals surface area contributed by atoms with Crippen LogP contribution in [0.5, 0.6) is 5.75 Å². The lowest BCUT2D eigenvalue weighted by molar-refractivity contribution is 0.0924. The van der Waals surface area contributed by atoms with Gasteiger partial charge in [0.2, 0.25) is 0 Å². The monoisotopic (exact) mass is 419 g/mol. The lowest BCUT2D eigenvalue weighted by atomic mass is 10.1. The molecule has 0 spiro atoms. The minimum absolute atomic E-state index is 0.00617. The number of halogens is 2. The molecule has 0 radical (unpaired) electrons. The van der Waals surface area contributed by atoms with Crippen molar-refractivity contribution in [3.05, 3.63) is 45.5 Å².